The Hall–Kier alpha value is -10.7. The summed E-state index contributed by atoms with van der Waals surface area (Å²) in [5.41, 5.74) is 1.17. The molecule has 3 heterocycles. The summed E-state index contributed by atoms with van der Waals surface area (Å²) >= 11 is 0. The first-order chi connectivity index (χ1) is 54.2. The van der Waals surface area contributed by atoms with Crippen LogP contribution in [-0.2, 0) is 153 Å². The van der Waals surface area contributed by atoms with E-state index < -0.39 is 134 Å². The maximum absolute atomic E-state index is 13.6. The minimum Gasteiger partial charge on any atom is -0.463 e. The SMILES string of the molecule is C=C(C)C(=O)OC12CC3CC(CC(O)(C3)C1)C2.C=C(C)C(=O)OC1C2CC3C(=O)OC1C3C2.C=C(C)C(=O)OC1CCOC1=O.C=C(C)C(=O)OCC(=O)OC1C2CC3C(=O)OC1C3C2.C=C(C)C(=O)OCCOC(=O)CC(F)(F)CC(=O)OCCOC(=O)C(=C)C.C=C(C)C(=O)OCCOC(=O)CCC(=O)OCCOC(=O)C(=C)C. The molecule has 11 aliphatic rings. The molecule has 33 nitrogen and oxygen atoms in total. The largest absolute Gasteiger partial charge is 0.463 e. The summed E-state index contributed by atoms with van der Waals surface area (Å²) in [7, 11) is 0. The van der Waals surface area contributed by atoms with Crippen LogP contribution < -0.4 is 0 Å². The van der Waals surface area contributed by atoms with Crippen LogP contribution in [0.5, 0.6) is 0 Å². The Bertz CT molecular complexity index is 3730. The first-order valence-electron chi connectivity index (χ1n) is 37.5. The molecule has 640 valence electrons. The van der Waals surface area contributed by atoms with Gasteiger partial charge in [0.15, 0.2) is 6.61 Å². The van der Waals surface area contributed by atoms with Crippen molar-refractivity contribution in [2.24, 2.45) is 47.3 Å². The first-order valence-corrected chi connectivity index (χ1v) is 37.5. The third kappa shape index (κ3) is 29.8. The van der Waals surface area contributed by atoms with Crippen molar-refractivity contribution < 1.29 is 166 Å². The van der Waals surface area contributed by atoms with Crippen LogP contribution in [0.1, 0.15) is 152 Å². The molecule has 13 unspecified atom stereocenters. The predicted molar refractivity (Wildman–Crippen MR) is 393 cm³/mol. The lowest BCUT2D eigenvalue weighted by atomic mass is 9.52. The summed E-state index contributed by atoms with van der Waals surface area (Å²) in [6, 6.07) is 0. The highest BCUT2D eigenvalue weighted by Crippen LogP contribution is 2.60. The van der Waals surface area contributed by atoms with E-state index >= 15 is 0 Å². The molecular formula is C81H104F2O33. The molecule has 8 aliphatic carbocycles. The molecule has 116 heavy (non-hydrogen) atoms. The van der Waals surface area contributed by atoms with Crippen LogP contribution in [0.15, 0.2) is 97.2 Å². The van der Waals surface area contributed by atoms with E-state index in [4.69, 9.17) is 52.1 Å². The summed E-state index contributed by atoms with van der Waals surface area (Å²) < 4.78 is 106. The van der Waals surface area contributed by atoms with Gasteiger partial charge in [-0.2, -0.15) is 0 Å². The minimum absolute atomic E-state index is 0.0128. The van der Waals surface area contributed by atoms with Gasteiger partial charge in [-0.1, -0.05) is 52.6 Å². The zero-order chi connectivity index (χ0) is 86.9. The molecule has 11 rings (SSSR count). The first kappa shape index (κ1) is 95.8. The average Bonchev–Trinajstić information content (AvgIpc) is 1.25. The summed E-state index contributed by atoms with van der Waals surface area (Å²) in [6.07, 6.45) is 4.41. The predicted octanol–water partition coefficient (Wildman–Crippen LogP) is 7.08. The lowest BCUT2D eigenvalue weighted by Crippen LogP contribution is -2.60. The number of ether oxygens (including phenoxy) is 16. The molecule has 0 amide bonds. The maximum Gasteiger partial charge on any atom is 0.347 e. The highest BCUT2D eigenvalue weighted by atomic mass is 19.3. The molecular weight excluding hydrogens is 1540 g/mol. The Morgan fingerprint density at radius 2 is 0.759 bits per heavy atom. The van der Waals surface area contributed by atoms with Crippen LogP contribution in [0.4, 0.5) is 8.78 Å². The van der Waals surface area contributed by atoms with Crippen LogP contribution >= 0.6 is 0 Å². The molecule has 0 spiro atoms. The highest BCUT2D eigenvalue weighted by molar-refractivity contribution is 5.92. The van der Waals surface area contributed by atoms with Crippen molar-refractivity contribution in [3.05, 3.63) is 97.2 Å². The number of esters is 16. The number of carbonyl (C=O) groups is 16. The number of rotatable bonds is 33. The third-order valence-corrected chi connectivity index (χ3v) is 19.5. The van der Waals surface area contributed by atoms with Gasteiger partial charge in [0.25, 0.3) is 5.92 Å². The van der Waals surface area contributed by atoms with Crippen molar-refractivity contribution in [1.82, 2.24) is 0 Å². The molecule has 1 N–H and O–H groups in total. The van der Waals surface area contributed by atoms with Gasteiger partial charge >= 0.3 is 95.5 Å². The number of alkyl halides is 2. The summed E-state index contributed by atoms with van der Waals surface area (Å²) in [6.45, 7) is 37.7. The van der Waals surface area contributed by atoms with Gasteiger partial charge in [0, 0.05) is 81.1 Å². The molecule has 0 aromatic heterocycles. The molecule has 0 aromatic rings. The van der Waals surface area contributed by atoms with E-state index in [0.717, 1.165) is 51.4 Å². The molecule has 8 bridgehead atoms. The zero-order valence-corrected chi connectivity index (χ0v) is 66.6. The zero-order valence-electron chi connectivity index (χ0n) is 66.6. The van der Waals surface area contributed by atoms with E-state index in [1.54, 1.807) is 13.8 Å². The summed E-state index contributed by atoms with van der Waals surface area (Å²) in [5.74, 6) is -11.1. The molecule has 3 saturated heterocycles. The second-order valence-corrected chi connectivity index (χ2v) is 30.2. The van der Waals surface area contributed by atoms with Crippen LogP contribution in [0.3, 0.4) is 0 Å². The van der Waals surface area contributed by atoms with E-state index in [1.807, 2.05) is 0 Å². The van der Waals surface area contributed by atoms with Gasteiger partial charge in [0.05, 0.1) is 36.9 Å². The van der Waals surface area contributed by atoms with Gasteiger partial charge in [-0.3, -0.25) is 28.8 Å². The molecule has 35 heteroatoms. The fraction of sp³-hybridized carbons (Fsp3) is 0.605. The van der Waals surface area contributed by atoms with E-state index in [1.165, 1.54) is 48.0 Å². The van der Waals surface area contributed by atoms with Crippen molar-refractivity contribution in [3.8, 4) is 0 Å². The Morgan fingerprint density at radius 1 is 0.414 bits per heavy atom. The topological polar surface area (TPSA) is 441 Å². The normalized spacial score (nSPS) is 25.9. The molecule has 0 aromatic carbocycles. The minimum atomic E-state index is -3.68. The molecule has 3 aliphatic heterocycles. The van der Waals surface area contributed by atoms with Crippen molar-refractivity contribution in [3.63, 3.8) is 0 Å². The quantitative estimate of drug-likeness (QED) is 0.0296. The van der Waals surface area contributed by atoms with Gasteiger partial charge in [-0.15, -0.1) is 0 Å². The van der Waals surface area contributed by atoms with Gasteiger partial charge in [0.2, 0.25) is 6.10 Å². The lowest BCUT2D eigenvalue weighted by molar-refractivity contribution is -0.217. The van der Waals surface area contributed by atoms with E-state index in [0.29, 0.717) is 48.3 Å². The standard InChI is InChI=1S/C17H22F2O8.C16H22O8.C14H16O6.C14H20O3.C12H14O4.C8H10O4/c1-11(2)15(22)26-7-5-24-13(20)9-17(18,19)10-14(21)25-6-8-27-16(23)12(3)4;1-11(2)15(19)23-9-7-21-13(17)5-6-14(18)22-8-10-24-16(20)12(3)4;1-6(2)13(16)18-5-10(15)19-11-7-3-8-9(4-7)14(17)20-12(8)11;1-9(2)12(15)17-14-6-10-3-11(7-14)5-13(16,4-10)8-14;1-5(2)11(13)15-9-6-3-7-8(4-6)12(14)16-10(7)9;1-5(2)7(9)12-6-3-4-11-8(6)10/h1,3,5-10H2,2,4H3;1,3,5-10H2,2,4H3;7-9,11-12H,1,3-5H2,2H3;10-11,16H,1,3-8H2,2H3;6-10H,1,3-4H2,2H3;6H,1,3-4H2,2H3. The van der Waals surface area contributed by atoms with E-state index in [-0.39, 0.29) is 158 Å². The fourth-order valence-corrected chi connectivity index (χ4v) is 14.7. The van der Waals surface area contributed by atoms with Crippen molar-refractivity contribution >= 4 is 95.5 Å². The second-order valence-electron chi connectivity index (χ2n) is 30.2. The Balaban J connectivity index is 0.000000252. The fourth-order valence-electron chi connectivity index (χ4n) is 14.7. The van der Waals surface area contributed by atoms with Crippen molar-refractivity contribution in [1.29, 1.82) is 0 Å². The number of cyclic esters (lactones) is 1. The monoisotopic (exact) mass is 1640 g/mol. The number of hydrogen-bond acceptors (Lipinski definition) is 33. The maximum atomic E-state index is 13.6. The van der Waals surface area contributed by atoms with Gasteiger partial charge in [0.1, 0.15) is 95.7 Å². The summed E-state index contributed by atoms with van der Waals surface area (Å²) in [4.78, 5) is 180. The number of aliphatic hydroxyl groups is 1. The Kier molecular flexibility index (Phi) is 36.2. The molecule has 13 atom stereocenters. The smallest absolute Gasteiger partial charge is 0.347 e. The van der Waals surface area contributed by atoms with E-state index in [2.05, 4.69) is 76.3 Å². The molecule has 8 saturated carbocycles. The number of halogens is 2. The van der Waals surface area contributed by atoms with Gasteiger partial charge in [-0.25, -0.2) is 56.7 Å². The van der Waals surface area contributed by atoms with Gasteiger partial charge < -0.3 is 80.9 Å². The van der Waals surface area contributed by atoms with Crippen molar-refractivity contribution in [2.75, 3.05) is 66.1 Å². The van der Waals surface area contributed by atoms with Gasteiger partial charge in [-0.05, 0) is 125 Å². The van der Waals surface area contributed by atoms with Crippen LogP contribution in [-0.4, -0.2) is 214 Å². The van der Waals surface area contributed by atoms with E-state index in [9.17, 15) is 90.6 Å². The molecule has 0 radical (unpaired) electrons. The molecule has 11 fully saturated rings. The second kappa shape index (κ2) is 43.8. The average molecular weight is 1640 g/mol. The van der Waals surface area contributed by atoms with Crippen LogP contribution in [0, 0.1) is 47.3 Å². The number of fused-ring (bicyclic) bond motifs is 2. The van der Waals surface area contributed by atoms with Crippen LogP contribution in [0.2, 0.25) is 0 Å². The number of hydrogen-bond donors (Lipinski definition) is 1. The van der Waals surface area contributed by atoms with Crippen LogP contribution in [0.25, 0.3) is 0 Å². The number of carbonyl (C=O) groups excluding carboxylic acids is 16. The lowest BCUT2D eigenvalue weighted by Gasteiger charge is -2.59. The highest BCUT2D eigenvalue weighted by Gasteiger charge is 2.65. The summed E-state index contributed by atoms with van der Waals surface area (Å²) in [5, 5.41) is 10.5. The van der Waals surface area contributed by atoms with Crippen molar-refractivity contribution in [2.45, 2.75) is 199 Å². The third-order valence-electron chi connectivity index (χ3n) is 19.5. The Labute approximate surface area is 669 Å². The Morgan fingerprint density at radius 3 is 1.11 bits per heavy atom.